The first-order chi connectivity index (χ1) is 14.8. The lowest BCUT2D eigenvalue weighted by Crippen LogP contribution is -2.46. The Labute approximate surface area is 181 Å². The van der Waals surface area contributed by atoms with E-state index in [1.165, 1.54) is 0 Å². The molecule has 1 atom stereocenters. The third-order valence-electron chi connectivity index (χ3n) is 4.03. The summed E-state index contributed by atoms with van der Waals surface area (Å²) in [5.74, 6) is -2.48. The van der Waals surface area contributed by atoms with Crippen molar-refractivity contribution < 1.29 is 43.7 Å². The number of hydrogen-bond donors (Lipinski definition) is 5. The first kappa shape index (κ1) is 28.3. The number of aliphatic carboxylic acids is 2. The molecule has 31 heavy (non-hydrogen) atoms. The van der Waals surface area contributed by atoms with Gasteiger partial charge in [-0.05, 0) is 19.3 Å². The Morgan fingerprint density at radius 1 is 0.806 bits per heavy atom. The number of amides is 3. The van der Waals surface area contributed by atoms with E-state index in [2.05, 4.69) is 16.0 Å². The lowest BCUT2D eigenvalue weighted by Gasteiger charge is -2.17. The van der Waals surface area contributed by atoms with Crippen LogP contribution in [0.1, 0.15) is 44.9 Å². The summed E-state index contributed by atoms with van der Waals surface area (Å²) in [6, 6.07) is -1.61. The highest BCUT2D eigenvalue weighted by molar-refractivity contribution is 5.89. The number of carboxylic acid groups (broad SMARTS) is 2. The number of carbonyl (C=O) groups excluding carboxylic acids is 3. The Bertz CT molecular complexity index is 584. The molecule has 178 valence electrons. The maximum Gasteiger partial charge on any atom is 0.315 e. The van der Waals surface area contributed by atoms with Gasteiger partial charge in [0.1, 0.15) is 0 Å². The van der Waals surface area contributed by atoms with Crippen LogP contribution in [0, 0.1) is 0 Å². The normalized spacial score (nSPS) is 11.4. The van der Waals surface area contributed by atoms with Crippen molar-refractivity contribution in [1.82, 2.24) is 16.0 Å². The van der Waals surface area contributed by atoms with Crippen LogP contribution in [-0.4, -0.2) is 85.9 Å². The number of ether oxygens (including phenoxy) is 2. The van der Waals surface area contributed by atoms with Gasteiger partial charge < -0.3 is 35.6 Å². The smallest absolute Gasteiger partial charge is 0.315 e. The van der Waals surface area contributed by atoms with Crippen molar-refractivity contribution in [3.8, 4) is 0 Å². The van der Waals surface area contributed by atoms with Gasteiger partial charge in [0.2, 0.25) is 5.91 Å². The van der Waals surface area contributed by atoms with Gasteiger partial charge in [0.25, 0.3) is 0 Å². The van der Waals surface area contributed by atoms with Gasteiger partial charge in [-0.1, -0.05) is 0 Å². The standard InChI is InChI=1S/C19H33N3O9/c1-20-16(24)8-11-31-13-12-30-10-3-4-15(23)14(6-7-18(27)28)22-19(29)21-9-2-5-17(25)26/h14H,2-13H2,1H3,(H,20,24)(H,25,26)(H,27,28)(H2,21,22,29)/t14-/m0/s1. The van der Waals surface area contributed by atoms with E-state index in [1.54, 1.807) is 7.05 Å². The molecule has 12 nitrogen and oxygen atoms in total. The second-order valence-electron chi connectivity index (χ2n) is 6.60. The molecule has 0 bridgehead atoms. The van der Waals surface area contributed by atoms with Crippen LogP contribution in [0.3, 0.4) is 0 Å². The molecule has 5 N–H and O–H groups in total. The van der Waals surface area contributed by atoms with Crippen molar-refractivity contribution in [2.45, 2.75) is 51.0 Å². The Morgan fingerprint density at radius 3 is 2.06 bits per heavy atom. The van der Waals surface area contributed by atoms with E-state index in [9.17, 15) is 24.0 Å². The first-order valence-electron chi connectivity index (χ1n) is 10.1. The summed E-state index contributed by atoms with van der Waals surface area (Å²) in [5, 5.41) is 24.8. The highest BCUT2D eigenvalue weighted by atomic mass is 16.5. The molecule has 0 aliphatic carbocycles. The van der Waals surface area contributed by atoms with Crippen molar-refractivity contribution in [2.75, 3.05) is 40.0 Å². The minimum absolute atomic E-state index is 0.0449. The number of carbonyl (C=O) groups is 5. The molecular formula is C19H33N3O9. The molecule has 0 aliphatic heterocycles. The summed E-state index contributed by atoms with van der Waals surface area (Å²) >= 11 is 0. The monoisotopic (exact) mass is 447 g/mol. The van der Waals surface area contributed by atoms with E-state index < -0.39 is 24.0 Å². The quantitative estimate of drug-likeness (QED) is 0.169. The number of Topliss-reactive ketones (excluding diaryl/α,β-unsaturated/α-hetero) is 1. The van der Waals surface area contributed by atoms with E-state index in [1.807, 2.05) is 0 Å². The van der Waals surface area contributed by atoms with Crippen molar-refractivity contribution in [2.24, 2.45) is 0 Å². The molecule has 0 rings (SSSR count). The Kier molecular flexibility index (Phi) is 16.5. The molecule has 0 fully saturated rings. The first-order valence-corrected chi connectivity index (χ1v) is 10.1. The third-order valence-corrected chi connectivity index (χ3v) is 4.03. The summed E-state index contributed by atoms with van der Waals surface area (Å²) in [7, 11) is 1.55. The molecule has 0 aromatic rings. The van der Waals surface area contributed by atoms with Gasteiger partial charge in [0.05, 0.1) is 25.9 Å². The van der Waals surface area contributed by atoms with Crippen molar-refractivity contribution in [3.63, 3.8) is 0 Å². The molecule has 0 saturated carbocycles. The second-order valence-corrected chi connectivity index (χ2v) is 6.60. The van der Waals surface area contributed by atoms with Crippen molar-refractivity contribution in [3.05, 3.63) is 0 Å². The van der Waals surface area contributed by atoms with Crippen LogP contribution < -0.4 is 16.0 Å². The number of carboxylic acids is 2. The minimum Gasteiger partial charge on any atom is -0.481 e. The van der Waals surface area contributed by atoms with Crippen molar-refractivity contribution in [1.29, 1.82) is 0 Å². The zero-order chi connectivity index (χ0) is 23.5. The van der Waals surface area contributed by atoms with E-state index in [0.29, 0.717) is 19.6 Å². The highest BCUT2D eigenvalue weighted by Gasteiger charge is 2.21. The predicted octanol–water partition coefficient (Wildman–Crippen LogP) is -0.0976. The van der Waals surface area contributed by atoms with E-state index >= 15 is 0 Å². The zero-order valence-corrected chi connectivity index (χ0v) is 17.8. The predicted molar refractivity (Wildman–Crippen MR) is 109 cm³/mol. The average molecular weight is 447 g/mol. The van der Waals surface area contributed by atoms with E-state index in [4.69, 9.17) is 19.7 Å². The van der Waals surface area contributed by atoms with Gasteiger partial charge in [-0.25, -0.2) is 4.79 Å². The number of rotatable bonds is 19. The molecule has 0 unspecified atom stereocenters. The maximum atomic E-state index is 12.3. The number of nitrogens with one attached hydrogen (secondary N) is 3. The van der Waals surface area contributed by atoms with Crippen LogP contribution in [0.15, 0.2) is 0 Å². The van der Waals surface area contributed by atoms with Crippen LogP contribution in [0.4, 0.5) is 4.79 Å². The summed E-state index contributed by atoms with van der Waals surface area (Å²) in [6.07, 6.45) is 0.576. The largest absolute Gasteiger partial charge is 0.481 e. The van der Waals surface area contributed by atoms with Crippen molar-refractivity contribution >= 4 is 29.7 Å². The molecule has 0 aromatic carbocycles. The van der Waals surface area contributed by atoms with Gasteiger partial charge >= 0.3 is 18.0 Å². The van der Waals surface area contributed by atoms with Crippen LogP contribution in [-0.2, 0) is 28.7 Å². The van der Waals surface area contributed by atoms with Gasteiger partial charge in [-0.3, -0.25) is 19.2 Å². The SMILES string of the molecule is CNC(=O)CCOCCOCCCC(=O)[C@H](CCC(=O)O)NC(=O)NCCCC(=O)O. The average Bonchev–Trinajstić information content (AvgIpc) is 2.72. The van der Waals surface area contributed by atoms with Gasteiger partial charge in [0.15, 0.2) is 5.78 Å². The van der Waals surface area contributed by atoms with Crippen LogP contribution >= 0.6 is 0 Å². The molecule has 0 aromatic heterocycles. The Balaban J connectivity index is 4.11. The van der Waals surface area contributed by atoms with E-state index in [-0.39, 0.29) is 70.0 Å². The highest BCUT2D eigenvalue weighted by Crippen LogP contribution is 2.05. The fourth-order valence-corrected chi connectivity index (χ4v) is 2.37. The number of hydrogen-bond acceptors (Lipinski definition) is 7. The molecule has 0 heterocycles. The van der Waals surface area contributed by atoms with Gasteiger partial charge in [-0.15, -0.1) is 0 Å². The third kappa shape index (κ3) is 17.8. The van der Waals surface area contributed by atoms with Gasteiger partial charge in [0, 0.05) is 45.9 Å². The molecular weight excluding hydrogens is 414 g/mol. The molecule has 0 radical (unpaired) electrons. The molecule has 0 saturated heterocycles. The van der Waals surface area contributed by atoms with Crippen LogP contribution in [0.5, 0.6) is 0 Å². The van der Waals surface area contributed by atoms with Crippen LogP contribution in [0.25, 0.3) is 0 Å². The molecule has 12 heteroatoms. The molecule has 0 aliphatic rings. The van der Waals surface area contributed by atoms with E-state index in [0.717, 1.165) is 0 Å². The van der Waals surface area contributed by atoms with Crippen LogP contribution in [0.2, 0.25) is 0 Å². The lowest BCUT2D eigenvalue weighted by atomic mass is 10.0. The zero-order valence-electron chi connectivity index (χ0n) is 17.8. The fraction of sp³-hybridized carbons (Fsp3) is 0.737. The molecule has 0 spiro atoms. The maximum absolute atomic E-state index is 12.3. The summed E-state index contributed by atoms with van der Waals surface area (Å²) in [5.41, 5.74) is 0. The molecule has 3 amide bonds. The summed E-state index contributed by atoms with van der Waals surface area (Å²) in [4.78, 5) is 56.5. The summed E-state index contributed by atoms with van der Waals surface area (Å²) in [6.45, 7) is 1.32. The Hall–Kier alpha value is -2.73. The number of ketones is 1. The lowest BCUT2D eigenvalue weighted by molar-refractivity contribution is -0.138. The fourth-order valence-electron chi connectivity index (χ4n) is 2.37. The minimum atomic E-state index is -1.08. The van der Waals surface area contributed by atoms with Gasteiger partial charge in [-0.2, -0.15) is 0 Å². The number of urea groups is 1. The Morgan fingerprint density at radius 2 is 1.45 bits per heavy atom. The summed E-state index contributed by atoms with van der Waals surface area (Å²) < 4.78 is 10.6. The topological polar surface area (TPSA) is 180 Å². The second kappa shape index (κ2) is 18.1.